The number of aromatic nitrogens is 3. The van der Waals surface area contributed by atoms with Gasteiger partial charge < -0.3 is 37.2 Å². The maximum Gasteiger partial charge on any atom is 1.00 e. The summed E-state index contributed by atoms with van der Waals surface area (Å²) in [5.74, 6) is -1.36. The van der Waals surface area contributed by atoms with Gasteiger partial charge in [-0.1, -0.05) is 0 Å². The summed E-state index contributed by atoms with van der Waals surface area (Å²) < 4.78 is 1.41. The molecular formula is C10H6AuCs3N3O4S. The average Bonchev–Trinajstić information content (AvgIpc) is 2.75. The van der Waals surface area contributed by atoms with Crippen molar-refractivity contribution in [1.82, 2.24) is 14.8 Å². The second kappa shape index (κ2) is 16.8. The summed E-state index contributed by atoms with van der Waals surface area (Å²) in [6, 6.07) is 4.20. The van der Waals surface area contributed by atoms with Crippen LogP contribution in [0.5, 0.6) is 0 Å². The van der Waals surface area contributed by atoms with Crippen LogP contribution < -0.4 is 148 Å². The predicted molar refractivity (Wildman–Crippen MR) is 61.9 cm³/mol. The average molecular weight is 860 g/mol. The Morgan fingerprint density at radius 3 is 2.41 bits per heavy atom. The molecule has 0 aliphatic carbocycles. The zero-order valence-corrected chi connectivity index (χ0v) is 34.0. The zero-order chi connectivity index (χ0) is 13.1. The van der Waals surface area contributed by atoms with E-state index in [2.05, 4.69) is 15.1 Å². The molecule has 0 aliphatic rings. The van der Waals surface area contributed by atoms with Gasteiger partial charge in [0.15, 0.2) is 0 Å². The molecule has 7 nitrogen and oxygen atoms in total. The van der Waals surface area contributed by atoms with Gasteiger partial charge in [-0.05, 0) is 29.3 Å². The Kier molecular flexibility index (Phi) is 24.1. The molecule has 22 heavy (non-hydrogen) atoms. The first-order valence-corrected chi connectivity index (χ1v) is 5.20. The Labute approximate surface area is 325 Å². The number of carboxylic acids is 1. The zero-order valence-electron chi connectivity index (χ0n) is 12.2. The van der Waals surface area contributed by atoms with Gasteiger partial charge in [0.05, 0.1) is 12.6 Å². The SMILES string of the molecule is O=C([O-])c1cc(CO[O-])cc(-n2cnnc2[S-])c1.[Au+].[Cs+].[Cs+].[Cs]. The third-order valence-electron chi connectivity index (χ3n) is 2.23. The van der Waals surface area contributed by atoms with Crippen molar-refractivity contribution in [2.24, 2.45) is 0 Å². The molecule has 0 fully saturated rings. The third kappa shape index (κ3) is 9.88. The van der Waals surface area contributed by atoms with E-state index < -0.39 is 5.97 Å². The minimum absolute atomic E-state index is 0. The van der Waals surface area contributed by atoms with Gasteiger partial charge in [0.25, 0.3) is 0 Å². The molecule has 1 radical (unpaired) electrons. The number of hydrogen-bond donors (Lipinski definition) is 0. The van der Waals surface area contributed by atoms with Crippen LogP contribution in [0.3, 0.4) is 0 Å². The van der Waals surface area contributed by atoms with Gasteiger partial charge in [-0.25, -0.2) is 0 Å². The molecule has 2 rings (SSSR count). The van der Waals surface area contributed by atoms with Crippen LogP contribution >= 0.6 is 0 Å². The Bertz CT molecular complexity index is 603. The molecule has 0 amide bonds. The molecule has 105 valence electrons. The molecular weight excluding hydrogens is 854 g/mol. The van der Waals surface area contributed by atoms with Crippen LogP contribution in [0.25, 0.3) is 5.69 Å². The molecule has 0 atom stereocenters. The maximum atomic E-state index is 10.9. The maximum absolute atomic E-state index is 10.9. The largest absolute Gasteiger partial charge is 1.00 e. The Morgan fingerprint density at radius 2 is 1.95 bits per heavy atom. The number of aromatic carboxylic acids is 1. The number of carbonyl (C=O) groups excluding carboxylic acids is 1. The van der Waals surface area contributed by atoms with E-state index in [9.17, 15) is 15.2 Å². The van der Waals surface area contributed by atoms with E-state index in [0.29, 0.717) is 11.3 Å². The van der Waals surface area contributed by atoms with Gasteiger partial charge in [-0.15, -0.1) is 5.10 Å². The quantitative estimate of drug-likeness (QED) is 0.131. The van der Waals surface area contributed by atoms with Gasteiger partial charge in [0, 0.05) is 79.7 Å². The van der Waals surface area contributed by atoms with Gasteiger partial charge in [0.1, 0.15) is 6.33 Å². The Balaban J connectivity index is -0.000000902. The van der Waals surface area contributed by atoms with Crippen LogP contribution in [0, 0.1) is 0 Å². The second-order valence-corrected chi connectivity index (χ2v) is 3.79. The molecule has 0 spiro atoms. The molecule has 1 heterocycles. The van der Waals surface area contributed by atoms with Gasteiger partial charge in [0.2, 0.25) is 0 Å². The number of nitrogens with zero attached hydrogens (tertiary/aromatic N) is 3. The molecule has 0 unspecified atom stereocenters. The third-order valence-corrected chi connectivity index (χ3v) is 2.51. The van der Waals surface area contributed by atoms with E-state index in [1.54, 1.807) is 6.07 Å². The Morgan fingerprint density at radius 1 is 1.32 bits per heavy atom. The molecule has 2 aromatic rings. The summed E-state index contributed by atoms with van der Waals surface area (Å²) in [5, 5.41) is 28.4. The van der Waals surface area contributed by atoms with Crippen LogP contribution in [0.15, 0.2) is 29.7 Å². The van der Waals surface area contributed by atoms with Crippen molar-refractivity contribution in [3.05, 3.63) is 35.7 Å². The summed E-state index contributed by atoms with van der Waals surface area (Å²) in [6.07, 6.45) is 1.35. The predicted octanol–water partition coefficient (Wildman–Crippen LogP) is -8.05. The molecule has 0 aliphatic heterocycles. The molecule has 1 aromatic carbocycles. The topological polar surface area (TPSA) is 103 Å². The van der Waals surface area contributed by atoms with Crippen molar-refractivity contribution < 1.29 is 180 Å². The van der Waals surface area contributed by atoms with Crippen LogP contribution in [-0.2, 0) is 46.5 Å². The first kappa shape index (κ1) is 31.6. The molecule has 0 saturated heterocycles. The fourth-order valence-electron chi connectivity index (χ4n) is 1.48. The summed E-state index contributed by atoms with van der Waals surface area (Å²) >= 11 is 4.92. The first-order valence-electron chi connectivity index (χ1n) is 4.79. The summed E-state index contributed by atoms with van der Waals surface area (Å²) in [4.78, 5) is 14.6. The van der Waals surface area contributed by atoms with E-state index >= 15 is 0 Å². The van der Waals surface area contributed by atoms with Crippen LogP contribution in [-0.4, -0.2) is 89.6 Å². The molecule has 0 saturated carbocycles. The first-order chi connectivity index (χ1) is 8.61. The van der Waals surface area contributed by atoms with Crippen molar-refractivity contribution in [3.63, 3.8) is 0 Å². The normalized spacial score (nSPS) is 8.59. The number of benzene rings is 1. The summed E-state index contributed by atoms with van der Waals surface area (Å²) in [6.45, 7) is -0.261. The fraction of sp³-hybridized carbons (Fsp3) is 0.100. The molecule has 12 heteroatoms. The molecule has 1 aromatic heterocycles. The second-order valence-electron chi connectivity index (χ2n) is 3.42. The fourth-order valence-corrected chi connectivity index (χ4v) is 1.68. The molecule has 0 bridgehead atoms. The standard InChI is InChI=1S/C10H9N3O4S.Au.3Cs/c14-9(15)7-1-6(4-17-16)2-8(3-7)13-5-11-12-10(13)18;;;;/h1-3,5,16H,4H2,(H,12,18)(H,14,15);;;;/q;+1;;2*+1/p-3. The number of rotatable bonds is 4. The monoisotopic (exact) mass is 860 g/mol. The summed E-state index contributed by atoms with van der Waals surface area (Å²) in [7, 11) is 0. The number of carboxylic acid groups (broad SMARTS) is 1. The molecule has 0 N–H and O–H groups in total. The van der Waals surface area contributed by atoms with Gasteiger partial charge >= 0.3 is 160 Å². The van der Waals surface area contributed by atoms with E-state index in [0.717, 1.165) is 0 Å². The van der Waals surface area contributed by atoms with E-state index in [4.69, 9.17) is 12.6 Å². The van der Waals surface area contributed by atoms with Crippen LogP contribution in [0.1, 0.15) is 15.9 Å². The van der Waals surface area contributed by atoms with Crippen LogP contribution in [0.4, 0.5) is 0 Å². The van der Waals surface area contributed by atoms with Crippen molar-refractivity contribution in [3.8, 4) is 5.69 Å². The number of hydrogen-bond acceptors (Lipinski definition) is 7. The van der Waals surface area contributed by atoms with Crippen molar-refractivity contribution in [2.45, 2.75) is 11.8 Å². The van der Waals surface area contributed by atoms with Crippen LogP contribution in [0.2, 0.25) is 0 Å². The van der Waals surface area contributed by atoms with Gasteiger partial charge in [-0.3, -0.25) is 0 Å². The minimum atomic E-state index is -1.36. The van der Waals surface area contributed by atoms with Crippen molar-refractivity contribution in [1.29, 1.82) is 0 Å². The van der Waals surface area contributed by atoms with E-state index in [-0.39, 0.29) is 246 Å². The van der Waals surface area contributed by atoms with E-state index in [1.807, 2.05) is 0 Å². The Hall–Kier alpha value is 4.87. The number of carbonyl (C=O) groups is 1. The smallest absolute Gasteiger partial charge is 0.740 e. The van der Waals surface area contributed by atoms with Gasteiger partial charge in [-0.2, -0.15) is 5.10 Å². The minimum Gasteiger partial charge on any atom is -0.740 e. The van der Waals surface area contributed by atoms with E-state index in [1.165, 1.54) is 23.0 Å². The summed E-state index contributed by atoms with van der Waals surface area (Å²) in [5.41, 5.74) is 0.742. The van der Waals surface area contributed by atoms with Crippen molar-refractivity contribution in [2.75, 3.05) is 0 Å². The van der Waals surface area contributed by atoms with Crippen molar-refractivity contribution >= 4 is 87.5 Å².